The first-order chi connectivity index (χ1) is 12.6. The molecule has 0 radical (unpaired) electrons. The van der Waals surface area contributed by atoms with E-state index in [4.69, 9.17) is 27.9 Å². The van der Waals surface area contributed by atoms with Gasteiger partial charge in [0.1, 0.15) is 0 Å². The molecule has 7 nitrogen and oxygen atoms in total. The molecule has 26 heavy (non-hydrogen) atoms. The Morgan fingerprint density at radius 3 is 2.73 bits per heavy atom. The lowest BCUT2D eigenvalue weighted by Gasteiger charge is -2.27. The quantitative estimate of drug-likeness (QED) is 0.730. The summed E-state index contributed by atoms with van der Waals surface area (Å²) in [5.41, 5.74) is 0.607. The number of nitrogens with zero attached hydrogens (tertiary/aromatic N) is 4. The lowest BCUT2D eigenvalue weighted by Crippen LogP contribution is -2.38. The number of anilines is 2. The summed E-state index contributed by atoms with van der Waals surface area (Å²) < 4.78 is 7.39. The normalized spacial score (nSPS) is 14.5. The van der Waals surface area contributed by atoms with Crippen molar-refractivity contribution in [2.45, 2.75) is 18.6 Å². The van der Waals surface area contributed by atoms with E-state index in [1.54, 1.807) is 18.2 Å². The number of carbonyl (C=O) groups excluding carboxylic acids is 1. The standard InChI is InChI=1S/C16H19Cl2N5O2S/c1-2-23-15(22-5-7-25-8-6-22)20-21-16(23)26-10-14(24)19-11-3-4-12(17)13(18)9-11/h3-4,9H,2,5-8,10H2,1H3,(H,19,24). The van der Waals surface area contributed by atoms with Crippen molar-refractivity contribution in [1.29, 1.82) is 0 Å². The summed E-state index contributed by atoms with van der Waals surface area (Å²) in [7, 11) is 0. The molecule has 1 saturated heterocycles. The molecule has 1 aliphatic heterocycles. The maximum atomic E-state index is 12.2. The Morgan fingerprint density at radius 1 is 1.27 bits per heavy atom. The van der Waals surface area contributed by atoms with Crippen LogP contribution < -0.4 is 10.2 Å². The van der Waals surface area contributed by atoms with Crippen molar-refractivity contribution >= 4 is 52.5 Å². The highest BCUT2D eigenvalue weighted by molar-refractivity contribution is 7.99. The van der Waals surface area contributed by atoms with Crippen molar-refractivity contribution < 1.29 is 9.53 Å². The third-order valence-electron chi connectivity index (χ3n) is 3.84. The minimum absolute atomic E-state index is 0.146. The van der Waals surface area contributed by atoms with Crippen molar-refractivity contribution in [3.8, 4) is 0 Å². The van der Waals surface area contributed by atoms with Crippen LogP contribution in [0.4, 0.5) is 11.6 Å². The SMILES string of the molecule is CCn1c(SCC(=O)Nc2ccc(Cl)c(Cl)c2)nnc1N1CCOCC1. The number of thioether (sulfide) groups is 1. The molecule has 0 saturated carbocycles. The minimum atomic E-state index is -0.146. The zero-order chi connectivity index (χ0) is 18.5. The molecular formula is C16H19Cl2N5O2S. The van der Waals surface area contributed by atoms with Crippen LogP contribution in [0.1, 0.15) is 6.92 Å². The number of rotatable bonds is 6. The van der Waals surface area contributed by atoms with Crippen LogP contribution in [-0.4, -0.2) is 52.7 Å². The number of ether oxygens (including phenoxy) is 1. The highest BCUT2D eigenvalue weighted by Gasteiger charge is 2.20. The molecule has 1 aromatic carbocycles. The highest BCUT2D eigenvalue weighted by Crippen LogP contribution is 2.26. The maximum absolute atomic E-state index is 12.2. The molecule has 2 aromatic rings. The molecular weight excluding hydrogens is 397 g/mol. The third kappa shape index (κ3) is 4.62. The lowest BCUT2D eigenvalue weighted by atomic mass is 10.3. The van der Waals surface area contributed by atoms with E-state index in [9.17, 15) is 4.79 Å². The molecule has 0 atom stereocenters. The summed E-state index contributed by atoms with van der Waals surface area (Å²) in [5, 5.41) is 12.9. The summed E-state index contributed by atoms with van der Waals surface area (Å²) in [6.45, 7) is 5.72. The van der Waals surface area contributed by atoms with Gasteiger partial charge in [-0.25, -0.2) is 0 Å². The first-order valence-corrected chi connectivity index (χ1v) is 9.96. The molecule has 1 N–H and O–H groups in total. The predicted molar refractivity (Wildman–Crippen MR) is 105 cm³/mol. The van der Waals surface area contributed by atoms with Gasteiger partial charge in [0.25, 0.3) is 0 Å². The van der Waals surface area contributed by atoms with E-state index in [1.165, 1.54) is 11.8 Å². The van der Waals surface area contributed by atoms with Crippen LogP contribution in [0.25, 0.3) is 0 Å². The average Bonchev–Trinajstić information content (AvgIpc) is 3.07. The van der Waals surface area contributed by atoms with E-state index in [1.807, 2.05) is 11.5 Å². The number of amides is 1. The summed E-state index contributed by atoms with van der Waals surface area (Å²) in [4.78, 5) is 14.4. The Bertz CT molecular complexity index is 780. The minimum Gasteiger partial charge on any atom is -0.378 e. The zero-order valence-electron chi connectivity index (χ0n) is 14.2. The van der Waals surface area contributed by atoms with Crippen molar-refractivity contribution in [3.05, 3.63) is 28.2 Å². The second kappa shape index (κ2) is 8.94. The van der Waals surface area contributed by atoms with Gasteiger partial charge in [-0.1, -0.05) is 35.0 Å². The summed E-state index contributed by atoms with van der Waals surface area (Å²) >= 11 is 13.2. The Labute approximate surface area is 166 Å². The number of hydrogen-bond donors (Lipinski definition) is 1. The van der Waals surface area contributed by atoms with Crippen molar-refractivity contribution in [2.75, 3.05) is 42.3 Å². The van der Waals surface area contributed by atoms with Crippen LogP contribution in [0.15, 0.2) is 23.4 Å². The number of halogens is 2. The first-order valence-electron chi connectivity index (χ1n) is 8.22. The largest absolute Gasteiger partial charge is 0.378 e. The van der Waals surface area contributed by atoms with Crippen LogP contribution in [0.2, 0.25) is 10.0 Å². The molecule has 1 aromatic heterocycles. The van der Waals surface area contributed by atoms with E-state index in [-0.39, 0.29) is 11.7 Å². The zero-order valence-corrected chi connectivity index (χ0v) is 16.6. The van der Waals surface area contributed by atoms with E-state index < -0.39 is 0 Å². The van der Waals surface area contributed by atoms with E-state index >= 15 is 0 Å². The Balaban J connectivity index is 1.61. The second-order valence-corrected chi connectivity index (χ2v) is 7.35. The number of nitrogens with one attached hydrogen (secondary N) is 1. The van der Waals surface area contributed by atoms with Gasteiger partial charge in [0.2, 0.25) is 11.9 Å². The molecule has 140 valence electrons. The smallest absolute Gasteiger partial charge is 0.234 e. The molecule has 0 unspecified atom stereocenters. The summed E-state index contributed by atoms with van der Waals surface area (Å²) in [6, 6.07) is 4.98. The molecule has 1 fully saturated rings. The van der Waals surface area contributed by atoms with Crippen LogP contribution in [0, 0.1) is 0 Å². The van der Waals surface area contributed by atoms with Gasteiger partial charge in [-0.05, 0) is 25.1 Å². The second-order valence-electron chi connectivity index (χ2n) is 5.59. The number of benzene rings is 1. The molecule has 2 heterocycles. The Hall–Kier alpha value is -1.48. The molecule has 1 aliphatic rings. The van der Waals surface area contributed by atoms with Crippen LogP contribution in [0.3, 0.4) is 0 Å². The summed E-state index contributed by atoms with van der Waals surface area (Å²) in [6.07, 6.45) is 0. The fraction of sp³-hybridized carbons (Fsp3) is 0.438. The molecule has 0 aliphatic carbocycles. The van der Waals surface area contributed by atoms with Crippen molar-refractivity contribution in [2.24, 2.45) is 0 Å². The number of morpholine rings is 1. The molecule has 0 bridgehead atoms. The van der Waals surface area contributed by atoms with E-state index in [2.05, 4.69) is 20.4 Å². The topological polar surface area (TPSA) is 72.3 Å². The first kappa shape index (κ1) is 19.3. The van der Waals surface area contributed by atoms with Gasteiger partial charge in [0.05, 0.1) is 29.0 Å². The monoisotopic (exact) mass is 415 g/mol. The van der Waals surface area contributed by atoms with Crippen LogP contribution >= 0.6 is 35.0 Å². The van der Waals surface area contributed by atoms with Gasteiger partial charge in [0.15, 0.2) is 5.16 Å². The van der Waals surface area contributed by atoms with Crippen LogP contribution in [-0.2, 0) is 16.1 Å². The van der Waals surface area contributed by atoms with Gasteiger partial charge in [0, 0.05) is 25.3 Å². The average molecular weight is 416 g/mol. The van der Waals surface area contributed by atoms with Gasteiger partial charge in [-0.15, -0.1) is 10.2 Å². The molecule has 0 spiro atoms. The van der Waals surface area contributed by atoms with E-state index in [0.717, 1.165) is 30.7 Å². The Kier molecular flexibility index (Phi) is 6.63. The fourth-order valence-electron chi connectivity index (χ4n) is 2.56. The third-order valence-corrected chi connectivity index (χ3v) is 5.55. The number of aromatic nitrogens is 3. The van der Waals surface area contributed by atoms with Gasteiger partial charge >= 0.3 is 0 Å². The number of carbonyl (C=O) groups is 1. The van der Waals surface area contributed by atoms with E-state index in [0.29, 0.717) is 28.9 Å². The van der Waals surface area contributed by atoms with Crippen LogP contribution in [0.5, 0.6) is 0 Å². The Morgan fingerprint density at radius 2 is 2.04 bits per heavy atom. The predicted octanol–water partition coefficient (Wildman–Crippen LogP) is 3.17. The fourth-order valence-corrected chi connectivity index (χ4v) is 3.66. The van der Waals surface area contributed by atoms with Gasteiger partial charge in [-0.3, -0.25) is 9.36 Å². The molecule has 1 amide bonds. The summed E-state index contributed by atoms with van der Waals surface area (Å²) in [5.74, 6) is 0.900. The highest BCUT2D eigenvalue weighted by atomic mass is 35.5. The van der Waals surface area contributed by atoms with Crippen molar-refractivity contribution in [3.63, 3.8) is 0 Å². The maximum Gasteiger partial charge on any atom is 0.234 e. The molecule has 3 rings (SSSR count). The van der Waals surface area contributed by atoms with Gasteiger partial charge in [-0.2, -0.15) is 0 Å². The van der Waals surface area contributed by atoms with Crippen molar-refractivity contribution in [1.82, 2.24) is 14.8 Å². The molecule has 10 heteroatoms. The van der Waals surface area contributed by atoms with Gasteiger partial charge < -0.3 is 15.0 Å². The lowest BCUT2D eigenvalue weighted by molar-refractivity contribution is -0.113. The number of hydrogen-bond acceptors (Lipinski definition) is 6.